The highest BCUT2D eigenvalue weighted by molar-refractivity contribution is 6.74. The summed E-state index contributed by atoms with van der Waals surface area (Å²) >= 11 is 0. The molecule has 1 atom stereocenters. The molecule has 0 aliphatic heterocycles. The van der Waals surface area contributed by atoms with E-state index in [9.17, 15) is 5.11 Å². The number of hydrogen-bond acceptors (Lipinski definition) is 3. The predicted molar refractivity (Wildman–Crippen MR) is 98.7 cm³/mol. The van der Waals surface area contributed by atoms with Crippen molar-refractivity contribution >= 4 is 8.32 Å². The van der Waals surface area contributed by atoms with Gasteiger partial charge in [0.25, 0.3) is 0 Å². The van der Waals surface area contributed by atoms with Gasteiger partial charge in [0.1, 0.15) is 12.2 Å². The highest BCUT2D eigenvalue weighted by Gasteiger charge is 2.43. The van der Waals surface area contributed by atoms with Crippen molar-refractivity contribution in [1.82, 2.24) is 0 Å². The summed E-state index contributed by atoms with van der Waals surface area (Å²) in [5.74, 6) is 3.50. The van der Waals surface area contributed by atoms with Crippen LogP contribution in [0.15, 0.2) is 0 Å². The molecule has 0 amide bonds. The summed E-state index contributed by atoms with van der Waals surface area (Å²) in [5.41, 5.74) is 0. The van der Waals surface area contributed by atoms with Gasteiger partial charge in [-0.25, -0.2) is 0 Å². The molecule has 0 aromatic rings. The van der Waals surface area contributed by atoms with Gasteiger partial charge in [-0.05, 0) is 49.7 Å². The van der Waals surface area contributed by atoms with Crippen LogP contribution < -0.4 is 0 Å². The molecule has 1 fully saturated rings. The molecule has 0 heterocycles. The van der Waals surface area contributed by atoms with Crippen molar-refractivity contribution < 1.29 is 14.3 Å². The van der Waals surface area contributed by atoms with E-state index in [2.05, 4.69) is 52.8 Å². The van der Waals surface area contributed by atoms with Crippen LogP contribution in [0.3, 0.4) is 0 Å². The lowest BCUT2D eigenvalue weighted by Gasteiger charge is -2.42. The number of aliphatic hydroxyl groups is 1. The Morgan fingerprint density at radius 3 is 2.35 bits per heavy atom. The van der Waals surface area contributed by atoms with Crippen LogP contribution in [0.25, 0.3) is 0 Å². The van der Waals surface area contributed by atoms with Gasteiger partial charge in [0.15, 0.2) is 8.32 Å². The van der Waals surface area contributed by atoms with Crippen molar-refractivity contribution in [1.29, 1.82) is 0 Å². The Morgan fingerprint density at radius 2 is 1.78 bits per heavy atom. The summed E-state index contributed by atoms with van der Waals surface area (Å²) in [7, 11) is -1.87. The summed E-state index contributed by atoms with van der Waals surface area (Å²) in [4.78, 5) is 0. The van der Waals surface area contributed by atoms with E-state index in [0.29, 0.717) is 25.0 Å². The van der Waals surface area contributed by atoms with Crippen LogP contribution in [0, 0.1) is 17.9 Å². The molecule has 134 valence electrons. The van der Waals surface area contributed by atoms with E-state index in [1.807, 2.05) is 0 Å². The quantitative estimate of drug-likeness (QED) is 0.539. The zero-order chi connectivity index (χ0) is 17.5. The molecule has 0 saturated heterocycles. The van der Waals surface area contributed by atoms with Gasteiger partial charge in [-0.2, -0.15) is 0 Å². The van der Waals surface area contributed by atoms with Gasteiger partial charge in [-0.1, -0.05) is 40.0 Å². The summed E-state index contributed by atoms with van der Waals surface area (Å²) in [6, 6.07) is 0. The number of rotatable bonds is 7. The zero-order valence-corrected chi connectivity index (χ0v) is 16.9. The molecule has 4 heteroatoms. The Kier molecular flexibility index (Phi) is 8.13. The minimum Gasteiger partial charge on any atom is -0.443 e. The molecular formula is C19H36O3Si. The second-order valence-corrected chi connectivity index (χ2v) is 12.8. The molecule has 0 spiro atoms. The maximum Gasteiger partial charge on any atom is 0.192 e. The number of ether oxygens (including phenoxy) is 1. The van der Waals surface area contributed by atoms with E-state index in [4.69, 9.17) is 9.16 Å². The molecule has 1 saturated carbocycles. The van der Waals surface area contributed by atoms with E-state index >= 15 is 0 Å². The summed E-state index contributed by atoms with van der Waals surface area (Å²) in [6.45, 7) is 13.9. The molecule has 1 unspecified atom stereocenters. The van der Waals surface area contributed by atoms with E-state index < -0.39 is 14.4 Å². The van der Waals surface area contributed by atoms with E-state index in [1.54, 1.807) is 0 Å². The topological polar surface area (TPSA) is 38.7 Å². The normalized spacial score (nSPS) is 18.4. The molecule has 3 nitrogen and oxygen atoms in total. The molecule has 23 heavy (non-hydrogen) atoms. The first-order valence-corrected chi connectivity index (χ1v) is 12.0. The second-order valence-electron chi connectivity index (χ2n) is 8.21. The average Bonchev–Trinajstić information content (AvgIpc) is 2.50. The molecule has 0 radical (unpaired) electrons. The van der Waals surface area contributed by atoms with Crippen molar-refractivity contribution in [2.24, 2.45) is 5.92 Å². The minimum absolute atomic E-state index is 0.169. The van der Waals surface area contributed by atoms with Gasteiger partial charge in [0.05, 0.1) is 12.7 Å². The smallest absolute Gasteiger partial charge is 0.192 e. The third-order valence-electron chi connectivity index (χ3n) is 5.82. The Hall–Kier alpha value is -0.503. The predicted octanol–water partition coefficient (Wildman–Crippen LogP) is 4.71. The van der Waals surface area contributed by atoms with E-state index in [0.717, 1.165) is 12.8 Å². The third kappa shape index (κ3) is 6.49. The van der Waals surface area contributed by atoms with Crippen molar-refractivity contribution in [3.63, 3.8) is 0 Å². The average molecular weight is 341 g/mol. The Bertz CT molecular complexity index is 401. The van der Waals surface area contributed by atoms with Crippen LogP contribution in [-0.2, 0) is 9.16 Å². The van der Waals surface area contributed by atoms with Crippen LogP contribution in [0.2, 0.25) is 18.1 Å². The standard InChI is InChI=1S/C19H36O3Si/c1-16(2)19(3,4)23(5,6)22-15-17(20)11-10-14-21-18-12-8-7-9-13-18/h16-18,20H,7-9,11-13,15H2,1-6H3. The van der Waals surface area contributed by atoms with Crippen LogP contribution in [0.5, 0.6) is 0 Å². The Morgan fingerprint density at radius 1 is 1.17 bits per heavy atom. The fourth-order valence-corrected chi connectivity index (χ4v) is 5.08. The largest absolute Gasteiger partial charge is 0.443 e. The molecular weight excluding hydrogens is 304 g/mol. The second kappa shape index (κ2) is 9.10. The Labute approximate surface area is 144 Å². The van der Waals surface area contributed by atoms with E-state index in [-0.39, 0.29) is 5.04 Å². The van der Waals surface area contributed by atoms with Crippen LogP contribution in [-0.4, -0.2) is 32.2 Å². The monoisotopic (exact) mass is 340 g/mol. The highest BCUT2D eigenvalue weighted by atomic mass is 28.4. The van der Waals surface area contributed by atoms with Crippen molar-refractivity contribution in [3.05, 3.63) is 0 Å². The molecule has 0 aromatic carbocycles. The SMILES string of the molecule is CC(C)C(C)(C)[Si](C)(C)OCC(O)CC#COC1CCCCC1. The van der Waals surface area contributed by atoms with Crippen molar-refractivity contribution in [3.8, 4) is 12.0 Å². The van der Waals surface area contributed by atoms with Crippen LogP contribution in [0.1, 0.15) is 66.2 Å². The molecule has 1 rings (SSSR count). The first-order valence-electron chi connectivity index (χ1n) is 9.12. The van der Waals surface area contributed by atoms with Gasteiger partial charge in [0.2, 0.25) is 0 Å². The highest BCUT2D eigenvalue weighted by Crippen LogP contribution is 2.44. The van der Waals surface area contributed by atoms with Crippen molar-refractivity contribution in [2.75, 3.05) is 6.61 Å². The number of hydrogen-bond donors (Lipinski definition) is 1. The van der Waals surface area contributed by atoms with Crippen LogP contribution >= 0.6 is 0 Å². The minimum atomic E-state index is -1.87. The van der Waals surface area contributed by atoms with Crippen LogP contribution in [0.4, 0.5) is 0 Å². The summed E-state index contributed by atoms with van der Waals surface area (Å²) < 4.78 is 11.7. The summed E-state index contributed by atoms with van der Waals surface area (Å²) in [5, 5.41) is 10.3. The zero-order valence-electron chi connectivity index (χ0n) is 15.9. The summed E-state index contributed by atoms with van der Waals surface area (Å²) in [6.07, 6.45) is 8.99. The lowest BCUT2D eigenvalue weighted by molar-refractivity contribution is 0.1000. The molecule has 1 aliphatic carbocycles. The van der Waals surface area contributed by atoms with Gasteiger partial charge in [-0.3, -0.25) is 0 Å². The molecule has 0 bridgehead atoms. The van der Waals surface area contributed by atoms with E-state index in [1.165, 1.54) is 19.3 Å². The first-order chi connectivity index (χ1) is 10.7. The fraction of sp³-hybridized carbons (Fsp3) is 0.895. The van der Waals surface area contributed by atoms with Crippen molar-refractivity contribution in [2.45, 2.75) is 96.6 Å². The van der Waals surface area contributed by atoms with Gasteiger partial charge >= 0.3 is 0 Å². The molecule has 1 aliphatic rings. The first kappa shape index (κ1) is 20.5. The Balaban J connectivity index is 2.32. The van der Waals surface area contributed by atoms with Gasteiger partial charge in [0, 0.05) is 6.42 Å². The third-order valence-corrected chi connectivity index (χ3v) is 10.4. The fourth-order valence-electron chi connectivity index (χ4n) is 2.71. The lowest BCUT2D eigenvalue weighted by Crippen LogP contribution is -2.46. The maximum atomic E-state index is 10.1. The lowest BCUT2D eigenvalue weighted by atomic mass is 9.98. The van der Waals surface area contributed by atoms with Gasteiger partial charge < -0.3 is 14.3 Å². The maximum absolute atomic E-state index is 10.1. The number of aliphatic hydroxyl groups excluding tert-OH is 1. The molecule has 1 N–H and O–H groups in total. The molecule has 0 aromatic heterocycles. The van der Waals surface area contributed by atoms with Gasteiger partial charge in [-0.15, -0.1) is 0 Å².